The maximum atomic E-state index is 12.0. The van der Waals surface area contributed by atoms with Crippen LogP contribution in [0.2, 0.25) is 0 Å². The summed E-state index contributed by atoms with van der Waals surface area (Å²) in [4.78, 5) is 11.9. The molecule has 1 saturated heterocycles. The maximum absolute atomic E-state index is 12.0. The number of carbonyl (C=O) groups is 1. The first kappa shape index (κ1) is 13.7. The molecule has 1 aromatic carbocycles. The molecule has 0 bridgehead atoms. The van der Waals surface area contributed by atoms with Crippen LogP contribution in [0.3, 0.4) is 0 Å². The van der Waals surface area contributed by atoms with Crippen molar-refractivity contribution in [2.45, 2.75) is 18.6 Å². The molecular weight excluding hydrogens is 258 g/mol. The van der Waals surface area contributed by atoms with Gasteiger partial charge in [0.15, 0.2) is 0 Å². The van der Waals surface area contributed by atoms with Gasteiger partial charge in [-0.2, -0.15) is 8.78 Å². The van der Waals surface area contributed by atoms with E-state index in [0.717, 1.165) is 0 Å². The molecule has 1 amide bonds. The molecule has 1 aliphatic rings. The Morgan fingerprint density at radius 2 is 2.11 bits per heavy atom. The van der Waals surface area contributed by atoms with Gasteiger partial charge in [-0.3, -0.25) is 4.79 Å². The molecule has 104 valence electrons. The summed E-state index contributed by atoms with van der Waals surface area (Å²) in [7, 11) is 0. The highest BCUT2D eigenvalue weighted by Gasteiger charge is 2.38. The second kappa shape index (κ2) is 5.50. The Morgan fingerprint density at radius 3 is 2.63 bits per heavy atom. The van der Waals surface area contributed by atoms with Crippen molar-refractivity contribution in [2.75, 3.05) is 18.5 Å². The van der Waals surface area contributed by atoms with E-state index in [2.05, 4.69) is 10.1 Å². The lowest BCUT2D eigenvalue weighted by Gasteiger charge is -2.20. The molecule has 1 aliphatic heterocycles. The summed E-state index contributed by atoms with van der Waals surface area (Å²) in [5, 5.41) is 2.62. The summed E-state index contributed by atoms with van der Waals surface area (Å²) < 4.78 is 33.2. The third-order valence-corrected chi connectivity index (χ3v) is 2.84. The van der Waals surface area contributed by atoms with Crippen LogP contribution < -0.4 is 15.8 Å². The van der Waals surface area contributed by atoms with Gasteiger partial charge in [-0.05, 0) is 30.7 Å². The molecule has 1 fully saturated rings. The van der Waals surface area contributed by atoms with Crippen molar-refractivity contribution in [1.29, 1.82) is 0 Å². The van der Waals surface area contributed by atoms with Crippen molar-refractivity contribution in [2.24, 2.45) is 5.73 Å². The SMILES string of the molecule is NC1(C(=O)Nc2ccc(OC(F)F)cc2)CCOC1. The van der Waals surface area contributed by atoms with Gasteiger partial charge < -0.3 is 20.5 Å². The molecule has 0 spiro atoms. The molecule has 1 aromatic rings. The molecule has 0 radical (unpaired) electrons. The van der Waals surface area contributed by atoms with Gasteiger partial charge in [0.05, 0.1) is 6.61 Å². The molecule has 1 atom stereocenters. The van der Waals surface area contributed by atoms with Gasteiger partial charge >= 0.3 is 6.61 Å². The normalized spacial score (nSPS) is 22.5. The Balaban J connectivity index is 1.97. The van der Waals surface area contributed by atoms with Crippen LogP contribution in [0.5, 0.6) is 5.75 Å². The first-order valence-corrected chi connectivity index (χ1v) is 5.72. The number of rotatable bonds is 4. The molecule has 3 N–H and O–H groups in total. The number of amides is 1. The molecule has 2 rings (SSSR count). The Kier molecular flexibility index (Phi) is 3.96. The van der Waals surface area contributed by atoms with Gasteiger partial charge in [0, 0.05) is 12.3 Å². The maximum Gasteiger partial charge on any atom is 0.387 e. The van der Waals surface area contributed by atoms with Crippen LogP contribution >= 0.6 is 0 Å². The molecular formula is C12H14F2N2O3. The summed E-state index contributed by atoms with van der Waals surface area (Å²) in [6.45, 7) is -2.25. The Hall–Kier alpha value is -1.73. The molecule has 0 aromatic heterocycles. The first-order valence-electron chi connectivity index (χ1n) is 5.72. The third kappa shape index (κ3) is 3.39. The Labute approximate surface area is 108 Å². The average Bonchev–Trinajstić information content (AvgIpc) is 2.79. The van der Waals surface area contributed by atoms with Crippen LogP contribution in [0.4, 0.5) is 14.5 Å². The first-order chi connectivity index (χ1) is 8.99. The highest BCUT2D eigenvalue weighted by Crippen LogP contribution is 2.21. The lowest BCUT2D eigenvalue weighted by Crippen LogP contribution is -2.51. The smallest absolute Gasteiger partial charge is 0.387 e. The molecule has 5 nitrogen and oxygen atoms in total. The van der Waals surface area contributed by atoms with Crippen LogP contribution in [0.1, 0.15) is 6.42 Å². The Bertz CT molecular complexity index is 445. The molecule has 1 heterocycles. The monoisotopic (exact) mass is 272 g/mol. The minimum absolute atomic E-state index is 0.0275. The van der Waals surface area contributed by atoms with E-state index in [9.17, 15) is 13.6 Å². The van der Waals surface area contributed by atoms with Crippen LogP contribution in [0.25, 0.3) is 0 Å². The van der Waals surface area contributed by atoms with Crippen LogP contribution in [-0.2, 0) is 9.53 Å². The van der Waals surface area contributed by atoms with E-state index >= 15 is 0 Å². The summed E-state index contributed by atoms with van der Waals surface area (Å²) in [6, 6.07) is 5.62. The number of hydrogen-bond donors (Lipinski definition) is 2. The van der Waals surface area contributed by atoms with E-state index in [-0.39, 0.29) is 18.3 Å². The summed E-state index contributed by atoms with van der Waals surface area (Å²) in [6.07, 6.45) is 0.450. The number of alkyl halides is 2. The number of nitrogens with two attached hydrogens (primary N) is 1. The second-order valence-electron chi connectivity index (χ2n) is 4.32. The largest absolute Gasteiger partial charge is 0.435 e. The van der Waals surface area contributed by atoms with Crippen molar-refractivity contribution < 1.29 is 23.0 Å². The number of benzene rings is 1. The van der Waals surface area contributed by atoms with Gasteiger partial charge in [-0.1, -0.05) is 0 Å². The molecule has 19 heavy (non-hydrogen) atoms. The van der Waals surface area contributed by atoms with Crippen molar-refractivity contribution in [3.05, 3.63) is 24.3 Å². The third-order valence-electron chi connectivity index (χ3n) is 2.84. The number of anilines is 1. The second-order valence-corrected chi connectivity index (χ2v) is 4.32. The number of ether oxygens (including phenoxy) is 2. The average molecular weight is 272 g/mol. The van der Waals surface area contributed by atoms with E-state index in [4.69, 9.17) is 10.5 Å². The molecule has 0 saturated carbocycles. The van der Waals surface area contributed by atoms with Crippen molar-refractivity contribution in [3.8, 4) is 5.75 Å². The van der Waals surface area contributed by atoms with Crippen molar-refractivity contribution in [3.63, 3.8) is 0 Å². The number of halogens is 2. The lowest BCUT2D eigenvalue weighted by molar-refractivity contribution is -0.121. The highest BCUT2D eigenvalue weighted by atomic mass is 19.3. The minimum Gasteiger partial charge on any atom is -0.435 e. The Morgan fingerprint density at radius 1 is 1.42 bits per heavy atom. The summed E-state index contributed by atoms with van der Waals surface area (Å²) >= 11 is 0. The summed E-state index contributed by atoms with van der Waals surface area (Å²) in [5.74, 6) is -0.327. The van der Waals surface area contributed by atoms with Crippen LogP contribution in [0.15, 0.2) is 24.3 Å². The fourth-order valence-electron chi connectivity index (χ4n) is 1.74. The molecule has 7 heteroatoms. The van der Waals surface area contributed by atoms with E-state index in [1.165, 1.54) is 24.3 Å². The van der Waals surface area contributed by atoms with Crippen molar-refractivity contribution >= 4 is 11.6 Å². The zero-order valence-corrected chi connectivity index (χ0v) is 10.1. The van der Waals surface area contributed by atoms with E-state index < -0.39 is 12.2 Å². The predicted molar refractivity (Wildman–Crippen MR) is 64.1 cm³/mol. The zero-order chi connectivity index (χ0) is 13.9. The van der Waals surface area contributed by atoms with E-state index in [0.29, 0.717) is 18.7 Å². The van der Waals surface area contributed by atoms with Gasteiger partial charge in [0.25, 0.3) is 0 Å². The van der Waals surface area contributed by atoms with Gasteiger partial charge in [-0.15, -0.1) is 0 Å². The number of nitrogens with one attached hydrogen (secondary N) is 1. The number of hydrogen-bond acceptors (Lipinski definition) is 4. The fourth-order valence-corrected chi connectivity index (χ4v) is 1.74. The van der Waals surface area contributed by atoms with Gasteiger partial charge in [-0.25, -0.2) is 0 Å². The van der Waals surface area contributed by atoms with E-state index in [1.807, 2.05) is 0 Å². The van der Waals surface area contributed by atoms with Gasteiger partial charge in [0.1, 0.15) is 11.3 Å². The van der Waals surface area contributed by atoms with Gasteiger partial charge in [0.2, 0.25) is 5.91 Å². The zero-order valence-electron chi connectivity index (χ0n) is 10.1. The highest BCUT2D eigenvalue weighted by molar-refractivity contribution is 5.98. The van der Waals surface area contributed by atoms with Crippen LogP contribution in [-0.4, -0.2) is 31.3 Å². The van der Waals surface area contributed by atoms with E-state index in [1.54, 1.807) is 0 Å². The topological polar surface area (TPSA) is 73.6 Å². The lowest BCUT2D eigenvalue weighted by atomic mass is 9.99. The number of carbonyl (C=O) groups excluding carboxylic acids is 1. The fraction of sp³-hybridized carbons (Fsp3) is 0.417. The minimum atomic E-state index is -2.87. The summed E-state index contributed by atoms with van der Waals surface area (Å²) in [5.41, 5.74) is 5.32. The van der Waals surface area contributed by atoms with Crippen LogP contribution in [0, 0.1) is 0 Å². The quantitative estimate of drug-likeness (QED) is 0.867. The van der Waals surface area contributed by atoms with Crippen molar-refractivity contribution in [1.82, 2.24) is 0 Å². The predicted octanol–water partition coefficient (Wildman–Crippen LogP) is 1.34. The molecule has 1 unspecified atom stereocenters. The standard InChI is InChI=1S/C12H14F2N2O3/c13-11(14)19-9-3-1-8(2-4-9)16-10(17)12(15)5-6-18-7-12/h1-4,11H,5-7,15H2,(H,16,17). The molecule has 0 aliphatic carbocycles.